The smallest absolute Gasteiger partial charge is 0.383 e. The van der Waals surface area contributed by atoms with E-state index in [2.05, 4.69) is 4.98 Å². The van der Waals surface area contributed by atoms with Gasteiger partial charge < -0.3 is 5.73 Å². The first-order valence-electron chi connectivity index (χ1n) is 3.86. The SMILES string of the molecule is Cc1cc(C(F)F)c(C(F)(F)F)nc1N. The Kier molecular flexibility index (Phi) is 2.83. The van der Waals surface area contributed by atoms with Crippen molar-refractivity contribution in [2.75, 3.05) is 5.73 Å². The van der Waals surface area contributed by atoms with Gasteiger partial charge in [0.2, 0.25) is 0 Å². The number of hydrogen-bond acceptors (Lipinski definition) is 2. The molecule has 0 radical (unpaired) electrons. The number of alkyl halides is 5. The van der Waals surface area contributed by atoms with Gasteiger partial charge in [-0.25, -0.2) is 13.8 Å². The summed E-state index contributed by atoms with van der Waals surface area (Å²) in [5.74, 6) is -0.397. The van der Waals surface area contributed by atoms with Crippen LogP contribution in [-0.2, 0) is 6.18 Å². The fraction of sp³-hybridized carbons (Fsp3) is 0.375. The molecule has 0 bridgehead atoms. The standard InChI is InChI=1S/C8H7F5N2/c1-3-2-4(6(9)10)5(8(11,12)13)15-7(3)14/h2,6H,1H3,(H2,14,15). The van der Waals surface area contributed by atoms with E-state index in [1.807, 2.05) is 0 Å². The van der Waals surface area contributed by atoms with Crippen LogP contribution >= 0.6 is 0 Å². The zero-order valence-electron chi connectivity index (χ0n) is 7.57. The van der Waals surface area contributed by atoms with Gasteiger partial charge in [0, 0.05) is 5.56 Å². The molecule has 0 atom stereocenters. The minimum atomic E-state index is -4.92. The average Bonchev–Trinajstić information content (AvgIpc) is 2.06. The van der Waals surface area contributed by atoms with E-state index in [1.165, 1.54) is 6.92 Å². The maximum atomic E-state index is 12.3. The molecule has 0 amide bonds. The van der Waals surface area contributed by atoms with Gasteiger partial charge in [-0.15, -0.1) is 0 Å². The van der Waals surface area contributed by atoms with Gasteiger partial charge in [-0.2, -0.15) is 13.2 Å². The van der Waals surface area contributed by atoms with Gasteiger partial charge in [0.05, 0.1) is 0 Å². The number of rotatable bonds is 1. The summed E-state index contributed by atoms with van der Waals surface area (Å²) in [6, 6.07) is 0.704. The molecule has 0 aliphatic carbocycles. The second kappa shape index (κ2) is 3.63. The monoisotopic (exact) mass is 226 g/mol. The van der Waals surface area contributed by atoms with Crippen LogP contribution in [0.2, 0.25) is 0 Å². The molecule has 0 aromatic carbocycles. The molecule has 0 saturated carbocycles. The number of aryl methyl sites for hydroxylation is 1. The lowest BCUT2D eigenvalue weighted by atomic mass is 10.1. The number of aromatic nitrogens is 1. The first kappa shape index (κ1) is 11.7. The Bertz CT molecular complexity index is 372. The zero-order chi connectivity index (χ0) is 11.8. The van der Waals surface area contributed by atoms with Crippen molar-refractivity contribution in [3.05, 3.63) is 22.9 Å². The topological polar surface area (TPSA) is 38.9 Å². The van der Waals surface area contributed by atoms with E-state index in [1.54, 1.807) is 0 Å². The van der Waals surface area contributed by atoms with Crippen LogP contribution in [0.15, 0.2) is 6.07 Å². The van der Waals surface area contributed by atoms with Crippen molar-refractivity contribution in [2.24, 2.45) is 0 Å². The maximum Gasteiger partial charge on any atom is 0.433 e. The van der Waals surface area contributed by atoms with E-state index in [-0.39, 0.29) is 5.56 Å². The van der Waals surface area contributed by atoms with Gasteiger partial charge in [-0.1, -0.05) is 0 Å². The van der Waals surface area contributed by atoms with Crippen LogP contribution in [0, 0.1) is 6.92 Å². The molecule has 0 fully saturated rings. The highest BCUT2D eigenvalue weighted by atomic mass is 19.4. The minimum absolute atomic E-state index is 0.0956. The summed E-state index contributed by atoms with van der Waals surface area (Å²) in [7, 11) is 0. The molecule has 0 saturated heterocycles. The molecule has 0 unspecified atom stereocenters. The van der Waals surface area contributed by atoms with Crippen LogP contribution in [0.25, 0.3) is 0 Å². The van der Waals surface area contributed by atoms with E-state index in [4.69, 9.17) is 5.73 Å². The molecule has 15 heavy (non-hydrogen) atoms. The summed E-state index contributed by atoms with van der Waals surface area (Å²) in [6.45, 7) is 1.31. The van der Waals surface area contributed by atoms with Crippen molar-refractivity contribution in [1.29, 1.82) is 0 Å². The highest BCUT2D eigenvalue weighted by molar-refractivity contribution is 5.43. The fourth-order valence-corrected chi connectivity index (χ4v) is 1.04. The van der Waals surface area contributed by atoms with Crippen LogP contribution in [0.3, 0.4) is 0 Å². The third kappa shape index (κ3) is 2.34. The number of hydrogen-bond donors (Lipinski definition) is 1. The third-order valence-corrected chi connectivity index (χ3v) is 1.79. The Morgan fingerprint density at radius 3 is 2.27 bits per heavy atom. The lowest BCUT2D eigenvalue weighted by molar-refractivity contribution is -0.143. The van der Waals surface area contributed by atoms with Crippen LogP contribution in [0.1, 0.15) is 23.2 Å². The van der Waals surface area contributed by atoms with Gasteiger partial charge in [-0.3, -0.25) is 0 Å². The molecular weight excluding hydrogens is 219 g/mol. The van der Waals surface area contributed by atoms with Gasteiger partial charge in [0.25, 0.3) is 6.43 Å². The van der Waals surface area contributed by atoms with Crippen LogP contribution in [0.5, 0.6) is 0 Å². The maximum absolute atomic E-state index is 12.3. The van der Waals surface area contributed by atoms with E-state index in [0.717, 1.165) is 0 Å². The lowest BCUT2D eigenvalue weighted by Gasteiger charge is -2.13. The predicted octanol–water partition coefficient (Wildman–Crippen LogP) is 2.93. The summed E-state index contributed by atoms with van der Waals surface area (Å²) in [6.07, 6.45) is -8.15. The Morgan fingerprint density at radius 2 is 1.87 bits per heavy atom. The van der Waals surface area contributed by atoms with Crippen molar-refractivity contribution in [3.8, 4) is 0 Å². The molecule has 84 valence electrons. The summed E-state index contributed by atoms with van der Waals surface area (Å²) in [5, 5.41) is 0. The summed E-state index contributed by atoms with van der Waals surface area (Å²) in [4.78, 5) is 2.94. The molecule has 1 aromatic heterocycles. The Balaban J connectivity index is 3.42. The largest absolute Gasteiger partial charge is 0.433 e. The van der Waals surface area contributed by atoms with Crippen molar-refractivity contribution < 1.29 is 22.0 Å². The van der Waals surface area contributed by atoms with Gasteiger partial charge in [-0.05, 0) is 18.6 Å². The molecule has 0 spiro atoms. The van der Waals surface area contributed by atoms with Crippen molar-refractivity contribution in [1.82, 2.24) is 4.98 Å². The molecule has 0 aliphatic heterocycles. The summed E-state index contributed by atoms with van der Waals surface area (Å²) in [5.41, 5.74) is 2.46. The fourth-order valence-electron chi connectivity index (χ4n) is 1.04. The Labute approximate surface area is 81.9 Å². The van der Waals surface area contributed by atoms with Gasteiger partial charge >= 0.3 is 6.18 Å². The lowest BCUT2D eigenvalue weighted by Crippen LogP contribution is -2.14. The first-order chi connectivity index (χ1) is 6.73. The quantitative estimate of drug-likeness (QED) is 0.747. The molecule has 0 aliphatic rings. The van der Waals surface area contributed by atoms with Gasteiger partial charge in [0.1, 0.15) is 5.82 Å². The number of anilines is 1. The highest BCUT2D eigenvalue weighted by Gasteiger charge is 2.38. The summed E-state index contributed by atoms with van der Waals surface area (Å²) < 4.78 is 61.4. The average molecular weight is 226 g/mol. The van der Waals surface area contributed by atoms with Crippen LogP contribution < -0.4 is 5.73 Å². The molecule has 1 aromatic rings. The van der Waals surface area contributed by atoms with E-state index >= 15 is 0 Å². The zero-order valence-corrected chi connectivity index (χ0v) is 7.57. The van der Waals surface area contributed by atoms with Crippen LogP contribution in [0.4, 0.5) is 27.8 Å². The number of nitrogen functional groups attached to an aromatic ring is 1. The van der Waals surface area contributed by atoms with Crippen LogP contribution in [-0.4, -0.2) is 4.98 Å². The number of halogens is 5. The number of nitrogens with two attached hydrogens (primary N) is 1. The van der Waals surface area contributed by atoms with Crippen molar-refractivity contribution in [2.45, 2.75) is 19.5 Å². The molecule has 2 N–H and O–H groups in total. The second-order valence-corrected chi connectivity index (χ2v) is 2.93. The molecule has 1 heterocycles. The molecule has 1 rings (SSSR count). The van der Waals surface area contributed by atoms with Gasteiger partial charge in [0.15, 0.2) is 5.69 Å². The molecule has 2 nitrogen and oxygen atoms in total. The molecule has 7 heteroatoms. The van der Waals surface area contributed by atoms with E-state index in [0.29, 0.717) is 6.07 Å². The minimum Gasteiger partial charge on any atom is -0.383 e. The predicted molar refractivity (Wildman–Crippen MR) is 43.3 cm³/mol. The highest BCUT2D eigenvalue weighted by Crippen LogP contribution is 2.36. The first-order valence-corrected chi connectivity index (χ1v) is 3.86. The molecular formula is C8H7F5N2. The summed E-state index contributed by atoms with van der Waals surface area (Å²) >= 11 is 0. The number of nitrogens with zero attached hydrogens (tertiary/aromatic N) is 1. The Morgan fingerprint density at radius 1 is 1.33 bits per heavy atom. The van der Waals surface area contributed by atoms with Crippen molar-refractivity contribution in [3.63, 3.8) is 0 Å². The van der Waals surface area contributed by atoms with E-state index < -0.39 is 29.7 Å². The van der Waals surface area contributed by atoms with Crippen molar-refractivity contribution >= 4 is 5.82 Å². The third-order valence-electron chi connectivity index (χ3n) is 1.79. The Hall–Kier alpha value is -1.40. The second-order valence-electron chi connectivity index (χ2n) is 2.93. The normalized spacial score (nSPS) is 12.2. The van der Waals surface area contributed by atoms with E-state index in [9.17, 15) is 22.0 Å². The number of pyridine rings is 1.